The number of amides is 4. The van der Waals surface area contributed by atoms with Gasteiger partial charge in [-0.05, 0) is 103 Å². The maximum Gasteiger partial charge on any atom is 0.408 e. The summed E-state index contributed by atoms with van der Waals surface area (Å²) in [4.78, 5) is 51.3. The van der Waals surface area contributed by atoms with E-state index in [1.807, 2.05) is 18.2 Å². The Morgan fingerprint density at radius 1 is 0.814 bits per heavy atom. The predicted molar refractivity (Wildman–Crippen MR) is 167 cm³/mol. The van der Waals surface area contributed by atoms with E-state index >= 15 is 0 Å². The van der Waals surface area contributed by atoms with Crippen LogP contribution in [0.1, 0.15) is 65.5 Å². The molecule has 0 fully saturated rings. The summed E-state index contributed by atoms with van der Waals surface area (Å²) in [5, 5.41) is 10.8. The third-order valence-corrected chi connectivity index (χ3v) is 6.71. The molecule has 2 aromatic rings. The average molecular weight is 657 g/mol. The van der Waals surface area contributed by atoms with Crippen LogP contribution < -0.4 is 21.3 Å². The average Bonchev–Trinajstić information content (AvgIpc) is 3.13. The van der Waals surface area contributed by atoms with Gasteiger partial charge >= 0.3 is 12.2 Å². The Labute approximate surface area is 260 Å². The standard InChI is InChI=1S/C16H19N3O3.C15H19BrN2O3/c1-16(2,3)22-15(21)19-13-7-5-10-9-11(17-4)6-8-12(10)18-14(13)20;1-15(2,3)21-14(20)18-12-6-4-9-8-10(16)5-7-11(9)17-13(12)19/h6,8-9,13H,5,7H2,1-3H3,(H,18,20)(H,19,21);5,7-8,12H,4,6H2,1-3H3,(H,17,19)(H,18,20)/t13-;12-/m00/s1. The minimum Gasteiger partial charge on any atom is -0.444 e. The molecule has 2 aromatic carbocycles. The molecule has 43 heavy (non-hydrogen) atoms. The van der Waals surface area contributed by atoms with Crippen molar-refractivity contribution in [2.75, 3.05) is 10.6 Å². The van der Waals surface area contributed by atoms with Crippen molar-refractivity contribution in [1.29, 1.82) is 0 Å². The number of benzene rings is 2. The third-order valence-electron chi connectivity index (χ3n) is 6.22. The van der Waals surface area contributed by atoms with E-state index in [-0.39, 0.29) is 11.8 Å². The highest BCUT2D eigenvalue weighted by Gasteiger charge is 2.28. The number of carbonyl (C=O) groups is 4. The van der Waals surface area contributed by atoms with E-state index in [1.165, 1.54) is 0 Å². The smallest absolute Gasteiger partial charge is 0.408 e. The highest BCUT2D eigenvalue weighted by molar-refractivity contribution is 9.10. The first-order chi connectivity index (χ1) is 20.0. The summed E-state index contributed by atoms with van der Waals surface area (Å²) in [5.74, 6) is -0.498. The summed E-state index contributed by atoms with van der Waals surface area (Å²) < 4.78 is 11.3. The topological polar surface area (TPSA) is 139 Å². The Kier molecular flexibility index (Phi) is 10.8. The number of ether oxygens (including phenoxy) is 2. The summed E-state index contributed by atoms with van der Waals surface area (Å²) in [7, 11) is 0. The molecular weight excluding hydrogens is 618 g/mol. The number of carbonyl (C=O) groups excluding carboxylic acids is 4. The lowest BCUT2D eigenvalue weighted by atomic mass is 10.1. The minimum absolute atomic E-state index is 0.220. The molecule has 0 aromatic heterocycles. The van der Waals surface area contributed by atoms with Crippen molar-refractivity contribution in [3.05, 3.63) is 63.4 Å². The van der Waals surface area contributed by atoms with Gasteiger partial charge in [0.05, 0.1) is 6.57 Å². The van der Waals surface area contributed by atoms with Crippen LogP contribution in [-0.2, 0) is 31.9 Å². The number of fused-ring (bicyclic) bond motifs is 2. The van der Waals surface area contributed by atoms with Crippen LogP contribution in [0.15, 0.2) is 40.9 Å². The Hall–Kier alpha value is -4.11. The second kappa shape index (κ2) is 13.9. The lowest BCUT2D eigenvalue weighted by molar-refractivity contribution is -0.118. The summed E-state index contributed by atoms with van der Waals surface area (Å²) in [6, 6.07) is 9.60. The molecule has 230 valence electrons. The first-order valence-electron chi connectivity index (χ1n) is 13.9. The van der Waals surface area contributed by atoms with Gasteiger partial charge in [-0.3, -0.25) is 9.59 Å². The molecule has 0 saturated heterocycles. The van der Waals surface area contributed by atoms with Gasteiger partial charge in [0.25, 0.3) is 0 Å². The molecule has 11 nitrogen and oxygen atoms in total. The molecule has 12 heteroatoms. The maximum atomic E-state index is 12.2. The van der Waals surface area contributed by atoms with Crippen molar-refractivity contribution in [1.82, 2.24) is 10.6 Å². The minimum atomic E-state index is -0.654. The van der Waals surface area contributed by atoms with Crippen molar-refractivity contribution in [2.24, 2.45) is 0 Å². The van der Waals surface area contributed by atoms with Crippen LogP contribution in [0, 0.1) is 6.57 Å². The van der Waals surface area contributed by atoms with Crippen LogP contribution in [0.25, 0.3) is 4.85 Å². The zero-order valence-electron chi connectivity index (χ0n) is 25.2. The number of nitrogens with one attached hydrogen (secondary N) is 4. The highest BCUT2D eigenvalue weighted by atomic mass is 79.9. The number of hydrogen-bond acceptors (Lipinski definition) is 6. The normalized spacial score (nSPS) is 17.9. The van der Waals surface area contributed by atoms with E-state index in [0.717, 1.165) is 21.3 Å². The second-order valence-electron chi connectivity index (χ2n) is 12.2. The monoisotopic (exact) mass is 655 g/mol. The summed E-state index contributed by atoms with van der Waals surface area (Å²) in [5.41, 5.74) is 2.76. The molecule has 2 heterocycles. The fraction of sp³-hybridized carbons (Fsp3) is 0.452. The SMILES string of the molecule is CC(C)(C)OC(=O)N[C@H]1CCc2cc(Br)ccc2NC1=O.[C-]#[N+]c1ccc2c(c1)CC[C@H](NC(=O)OC(C)(C)C)C(=O)N2. The second-order valence-corrected chi connectivity index (χ2v) is 13.1. The highest BCUT2D eigenvalue weighted by Crippen LogP contribution is 2.27. The van der Waals surface area contributed by atoms with Crippen LogP contribution in [0.3, 0.4) is 0 Å². The molecule has 0 unspecified atom stereocenters. The zero-order chi connectivity index (χ0) is 31.9. The van der Waals surface area contributed by atoms with E-state index in [4.69, 9.17) is 16.0 Å². The van der Waals surface area contributed by atoms with Crippen LogP contribution in [-0.4, -0.2) is 47.3 Å². The molecule has 4 N–H and O–H groups in total. The molecule has 2 atom stereocenters. The number of alkyl carbamates (subject to hydrolysis) is 2. The largest absolute Gasteiger partial charge is 0.444 e. The van der Waals surface area contributed by atoms with Gasteiger partial charge < -0.3 is 30.7 Å². The molecule has 2 aliphatic heterocycles. The predicted octanol–water partition coefficient (Wildman–Crippen LogP) is 6.24. The molecule has 0 bridgehead atoms. The zero-order valence-corrected chi connectivity index (χ0v) is 26.8. The first kappa shape index (κ1) is 33.4. The van der Waals surface area contributed by atoms with Crippen molar-refractivity contribution in [2.45, 2.75) is 90.5 Å². The van der Waals surface area contributed by atoms with E-state index < -0.39 is 35.5 Å². The number of halogens is 1. The Balaban J connectivity index is 0.000000236. The number of anilines is 2. The lowest BCUT2D eigenvalue weighted by Gasteiger charge is -2.22. The van der Waals surface area contributed by atoms with Gasteiger partial charge in [0.15, 0.2) is 5.69 Å². The summed E-state index contributed by atoms with van der Waals surface area (Å²) in [6.45, 7) is 17.7. The van der Waals surface area contributed by atoms with Crippen molar-refractivity contribution < 1.29 is 28.7 Å². The molecule has 0 saturated carbocycles. The summed E-state index contributed by atoms with van der Waals surface area (Å²) in [6.07, 6.45) is 1.11. The molecule has 2 aliphatic rings. The van der Waals surface area contributed by atoms with Gasteiger partial charge in [-0.15, -0.1) is 0 Å². The molecular formula is C31H38BrN5O6. The first-order valence-corrected chi connectivity index (χ1v) is 14.7. The van der Waals surface area contributed by atoms with E-state index in [2.05, 4.69) is 42.0 Å². The fourth-order valence-corrected chi connectivity index (χ4v) is 4.75. The number of nitrogens with zero attached hydrogens (tertiary/aromatic N) is 1. The van der Waals surface area contributed by atoms with Crippen LogP contribution in [0.5, 0.6) is 0 Å². The Morgan fingerprint density at radius 2 is 1.26 bits per heavy atom. The van der Waals surface area contributed by atoms with Gasteiger partial charge in [0.1, 0.15) is 23.3 Å². The molecule has 0 spiro atoms. The Bertz CT molecular complexity index is 1420. The van der Waals surface area contributed by atoms with Gasteiger partial charge in [0, 0.05) is 15.8 Å². The van der Waals surface area contributed by atoms with E-state index in [9.17, 15) is 19.2 Å². The maximum absolute atomic E-state index is 12.2. The van der Waals surface area contributed by atoms with Crippen LogP contribution in [0.4, 0.5) is 26.7 Å². The van der Waals surface area contributed by atoms with Gasteiger partial charge in [-0.25, -0.2) is 14.4 Å². The number of rotatable bonds is 2. The third kappa shape index (κ3) is 10.6. The molecule has 4 rings (SSSR count). The molecule has 0 aliphatic carbocycles. The van der Waals surface area contributed by atoms with Gasteiger partial charge in [-0.2, -0.15) is 0 Å². The van der Waals surface area contributed by atoms with Crippen molar-refractivity contribution in [3.63, 3.8) is 0 Å². The summed E-state index contributed by atoms with van der Waals surface area (Å²) >= 11 is 3.42. The van der Waals surface area contributed by atoms with Crippen LogP contribution in [0.2, 0.25) is 0 Å². The molecule has 4 amide bonds. The number of hydrogen-bond donors (Lipinski definition) is 4. The van der Waals surface area contributed by atoms with E-state index in [0.29, 0.717) is 37.1 Å². The van der Waals surface area contributed by atoms with Crippen molar-refractivity contribution >= 4 is 57.0 Å². The Morgan fingerprint density at radius 3 is 1.70 bits per heavy atom. The quantitative estimate of drug-likeness (QED) is 0.282. The van der Waals surface area contributed by atoms with Gasteiger partial charge in [0.2, 0.25) is 11.8 Å². The van der Waals surface area contributed by atoms with Crippen molar-refractivity contribution in [3.8, 4) is 0 Å². The van der Waals surface area contributed by atoms with Gasteiger partial charge in [-0.1, -0.05) is 28.1 Å². The number of aryl methyl sites for hydroxylation is 2. The van der Waals surface area contributed by atoms with Crippen LogP contribution >= 0.6 is 15.9 Å². The molecule has 0 radical (unpaired) electrons. The lowest BCUT2D eigenvalue weighted by Crippen LogP contribution is -2.45. The fourth-order valence-electron chi connectivity index (χ4n) is 4.35. The van der Waals surface area contributed by atoms with E-state index in [1.54, 1.807) is 59.7 Å².